The highest BCUT2D eigenvalue weighted by Gasteiger charge is 2.24. The molecule has 6 aromatic heterocycles. The van der Waals surface area contributed by atoms with Crippen molar-refractivity contribution < 1.29 is 0 Å². The van der Waals surface area contributed by atoms with Crippen LogP contribution in [0.4, 0.5) is 0 Å². The number of thiophene rings is 3. The Kier molecular flexibility index (Phi) is 15.1. The second kappa shape index (κ2) is 20.8. The first-order chi connectivity index (χ1) is 27.3. The van der Waals surface area contributed by atoms with E-state index in [9.17, 15) is 0 Å². The number of benzene rings is 1. The van der Waals surface area contributed by atoms with Gasteiger partial charge in [-0.05, 0) is 84.0 Å². The van der Waals surface area contributed by atoms with E-state index in [1.807, 2.05) is 58.5 Å². The second-order valence-electron chi connectivity index (χ2n) is 15.6. The lowest BCUT2D eigenvalue weighted by Gasteiger charge is -2.09. The normalized spacial score (nSPS) is 12.0. The van der Waals surface area contributed by atoms with E-state index in [4.69, 9.17) is 19.9 Å². The molecule has 0 amide bonds. The summed E-state index contributed by atoms with van der Waals surface area (Å²) in [7, 11) is 0. The van der Waals surface area contributed by atoms with Crippen LogP contribution in [0.15, 0.2) is 59.6 Å². The summed E-state index contributed by atoms with van der Waals surface area (Å²) < 4.78 is 0. The van der Waals surface area contributed by atoms with E-state index in [-0.39, 0.29) is 0 Å². The van der Waals surface area contributed by atoms with Gasteiger partial charge in [0.1, 0.15) is 11.0 Å². The molecule has 0 N–H and O–H groups in total. The van der Waals surface area contributed by atoms with Crippen LogP contribution in [0.1, 0.15) is 153 Å². The number of hydrogen-bond donors (Lipinski definition) is 0. The van der Waals surface area contributed by atoms with Crippen molar-refractivity contribution >= 4 is 77.9 Å². The van der Waals surface area contributed by atoms with Crippen molar-refractivity contribution in [2.45, 2.75) is 155 Å². The van der Waals surface area contributed by atoms with Gasteiger partial charge >= 0.3 is 0 Å². The Morgan fingerprint density at radius 2 is 0.782 bits per heavy atom. The number of nitrogens with zero attached hydrogens (tertiary/aromatic N) is 4. The van der Waals surface area contributed by atoms with Gasteiger partial charge in [0.25, 0.3) is 0 Å². The van der Waals surface area contributed by atoms with Gasteiger partial charge in [0.2, 0.25) is 0 Å². The number of aromatic nitrogens is 4. The maximum Gasteiger partial charge on any atom is 0.110 e. The maximum atomic E-state index is 5.59. The SMILES string of the molecule is CCCCCCCCCCCCc1ccsc1-c1sc(-c2sccc2CCCCCCCCCCCC)c2nc3c4cccnc4c4ncccc4c3nc12. The standard InChI is InChI=1S/C48H60N4S3/c1-3-5-7-9-11-13-15-17-19-21-25-35-29-33-53-45(35)47-43-44(52-42-38-28-24-32-50-40(38)39-37(41(42)51-43)27-23-31-49-39)48(55-47)46-36(30-34-54-46)26-22-20-18-16-14-12-10-8-6-4-2/h23-24,27-34H,3-22,25-26H2,1-2H3. The highest BCUT2D eigenvalue weighted by Crippen LogP contribution is 2.49. The van der Waals surface area contributed by atoms with Crippen molar-refractivity contribution in [1.82, 2.24) is 19.9 Å². The minimum Gasteiger partial charge on any atom is -0.254 e. The third-order valence-corrected chi connectivity index (χ3v) is 14.8. The molecule has 55 heavy (non-hydrogen) atoms. The predicted molar refractivity (Wildman–Crippen MR) is 243 cm³/mol. The highest BCUT2D eigenvalue weighted by atomic mass is 32.1. The zero-order valence-corrected chi connectivity index (χ0v) is 35.8. The molecule has 7 rings (SSSR count). The van der Waals surface area contributed by atoms with Gasteiger partial charge in [0.05, 0.1) is 31.8 Å². The largest absolute Gasteiger partial charge is 0.254 e. The van der Waals surface area contributed by atoms with Crippen molar-refractivity contribution in [2.24, 2.45) is 0 Å². The smallest absolute Gasteiger partial charge is 0.110 e. The molecule has 0 aliphatic heterocycles. The summed E-state index contributed by atoms with van der Waals surface area (Å²) in [6.45, 7) is 4.60. The Morgan fingerprint density at radius 1 is 0.400 bits per heavy atom. The Hall–Kier alpha value is -3.26. The van der Waals surface area contributed by atoms with E-state index in [0.29, 0.717) is 0 Å². The van der Waals surface area contributed by atoms with Gasteiger partial charge in [0.15, 0.2) is 0 Å². The van der Waals surface area contributed by atoms with Gasteiger partial charge in [0, 0.05) is 32.9 Å². The molecule has 6 heterocycles. The Morgan fingerprint density at radius 3 is 1.18 bits per heavy atom. The van der Waals surface area contributed by atoms with Crippen LogP contribution in [-0.4, -0.2) is 19.9 Å². The lowest BCUT2D eigenvalue weighted by molar-refractivity contribution is 0.556. The summed E-state index contributed by atoms with van der Waals surface area (Å²) in [6.07, 6.45) is 33.2. The molecular weight excluding hydrogens is 729 g/mol. The third kappa shape index (κ3) is 9.83. The van der Waals surface area contributed by atoms with Crippen molar-refractivity contribution in [2.75, 3.05) is 0 Å². The van der Waals surface area contributed by atoms with Crippen molar-refractivity contribution in [3.05, 3.63) is 70.7 Å². The Labute approximate surface area is 341 Å². The summed E-state index contributed by atoms with van der Waals surface area (Å²) in [5, 5.41) is 6.62. The van der Waals surface area contributed by atoms with Crippen molar-refractivity contribution in [1.29, 1.82) is 0 Å². The average Bonchev–Trinajstić information content (AvgIpc) is 3.97. The zero-order chi connectivity index (χ0) is 37.7. The molecule has 7 heteroatoms. The molecule has 0 aliphatic rings. The van der Waals surface area contributed by atoms with Gasteiger partial charge < -0.3 is 0 Å². The molecule has 290 valence electrons. The van der Waals surface area contributed by atoms with Gasteiger partial charge in [-0.3, -0.25) is 9.97 Å². The lowest BCUT2D eigenvalue weighted by Crippen LogP contribution is -1.94. The third-order valence-electron chi connectivity index (χ3n) is 11.4. The molecule has 4 nitrogen and oxygen atoms in total. The van der Waals surface area contributed by atoms with Crippen LogP contribution in [0, 0.1) is 0 Å². The zero-order valence-electron chi connectivity index (χ0n) is 33.3. The molecule has 0 bridgehead atoms. The van der Waals surface area contributed by atoms with E-state index in [0.717, 1.165) is 56.7 Å². The first kappa shape index (κ1) is 40.0. The van der Waals surface area contributed by atoms with Crippen LogP contribution in [0.3, 0.4) is 0 Å². The van der Waals surface area contributed by atoms with E-state index < -0.39 is 0 Å². The van der Waals surface area contributed by atoms with E-state index in [2.05, 4.69) is 48.9 Å². The number of fused-ring (bicyclic) bond motifs is 7. The Bertz CT molecular complexity index is 2090. The fraction of sp³-hybridized carbons (Fsp3) is 0.500. The molecule has 0 aliphatic carbocycles. The van der Waals surface area contributed by atoms with Crippen LogP contribution < -0.4 is 0 Å². The van der Waals surface area contributed by atoms with Crippen LogP contribution in [0.25, 0.3) is 63.4 Å². The number of hydrogen-bond acceptors (Lipinski definition) is 7. The summed E-state index contributed by atoms with van der Waals surface area (Å²) in [5.74, 6) is 0. The molecular formula is C48H60N4S3. The maximum absolute atomic E-state index is 5.59. The van der Waals surface area contributed by atoms with Gasteiger partial charge in [-0.2, -0.15) is 0 Å². The molecule has 0 unspecified atom stereocenters. The molecule has 0 saturated heterocycles. The number of unbranched alkanes of at least 4 members (excludes halogenated alkanes) is 18. The molecule has 1 aromatic carbocycles. The van der Waals surface area contributed by atoms with Crippen molar-refractivity contribution in [3.8, 4) is 19.5 Å². The van der Waals surface area contributed by atoms with E-state index in [1.54, 1.807) is 0 Å². The van der Waals surface area contributed by atoms with Crippen LogP contribution in [0.2, 0.25) is 0 Å². The molecule has 0 atom stereocenters. The molecule has 0 spiro atoms. The Balaban J connectivity index is 1.16. The summed E-state index contributed by atoms with van der Waals surface area (Å²) in [4.78, 5) is 26.1. The van der Waals surface area contributed by atoms with Crippen LogP contribution in [0.5, 0.6) is 0 Å². The fourth-order valence-electron chi connectivity index (χ4n) is 8.27. The highest BCUT2D eigenvalue weighted by molar-refractivity contribution is 7.27. The van der Waals surface area contributed by atoms with Crippen LogP contribution >= 0.6 is 34.0 Å². The lowest BCUT2D eigenvalue weighted by atomic mass is 10.0. The summed E-state index contributed by atoms with van der Waals surface area (Å²) in [6, 6.07) is 13.0. The summed E-state index contributed by atoms with van der Waals surface area (Å²) >= 11 is 5.67. The molecule has 0 fully saturated rings. The molecule has 0 radical (unpaired) electrons. The first-order valence-electron chi connectivity index (χ1n) is 21.7. The monoisotopic (exact) mass is 788 g/mol. The van der Waals surface area contributed by atoms with Crippen molar-refractivity contribution in [3.63, 3.8) is 0 Å². The van der Waals surface area contributed by atoms with Gasteiger partial charge in [-0.1, -0.05) is 129 Å². The summed E-state index contributed by atoms with van der Waals surface area (Å²) in [5.41, 5.74) is 8.63. The molecule has 0 saturated carbocycles. The fourth-order valence-corrected chi connectivity index (χ4v) is 11.7. The minimum absolute atomic E-state index is 0.895. The average molecular weight is 789 g/mol. The number of rotatable bonds is 24. The second-order valence-corrected chi connectivity index (χ2v) is 18.4. The van der Waals surface area contributed by atoms with E-state index >= 15 is 0 Å². The van der Waals surface area contributed by atoms with E-state index in [1.165, 1.54) is 159 Å². The first-order valence-corrected chi connectivity index (χ1v) is 24.2. The topological polar surface area (TPSA) is 51.6 Å². The molecule has 7 aromatic rings. The number of aryl methyl sites for hydroxylation is 2. The minimum atomic E-state index is 0.895. The predicted octanol–water partition coefficient (Wildman–Crippen LogP) is 16.3. The number of pyridine rings is 2. The van der Waals surface area contributed by atoms with Gasteiger partial charge in [-0.15, -0.1) is 34.0 Å². The van der Waals surface area contributed by atoms with Crippen LogP contribution in [-0.2, 0) is 12.8 Å². The van der Waals surface area contributed by atoms with Gasteiger partial charge in [-0.25, -0.2) is 9.97 Å². The quantitative estimate of drug-likeness (QED) is 0.0452.